The van der Waals surface area contributed by atoms with Crippen LogP contribution in [-0.4, -0.2) is 72.8 Å². The van der Waals surface area contributed by atoms with Gasteiger partial charge < -0.3 is 15.0 Å². The second-order valence-electron chi connectivity index (χ2n) is 9.29. The van der Waals surface area contributed by atoms with Crippen molar-refractivity contribution in [1.29, 1.82) is 0 Å². The number of nitrogens with one attached hydrogen (secondary N) is 1. The first-order chi connectivity index (χ1) is 17.5. The summed E-state index contributed by atoms with van der Waals surface area (Å²) in [6.45, 7) is 9.96. The van der Waals surface area contributed by atoms with Crippen LogP contribution >= 0.6 is 11.6 Å². The first-order valence-electron chi connectivity index (χ1n) is 12.9. The standard InChI is InChI=1S/C28H36ClN5O2/c1-3-21(2)30-26(35)13-16-34(15-8-14-33-17-19-36-20-18-33)28-23-10-5-7-12-25(23)31-27(32-28)22-9-4-6-11-24(22)29/h4-7,9-12,21H,3,8,13-20H2,1-2H3,(H,30,35)/t21-/m1/s1. The number of carbonyl (C=O) groups excluding carboxylic acids is 1. The molecule has 4 rings (SSSR count). The second-order valence-corrected chi connectivity index (χ2v) is 9.70. The van der Waals surface area contributed by atoms with E-state index in [1.807, 2.05) is 49.4 Å². The average molecular weight is 510 g/mol. The number of fused-ring (bicyclic) bond motifs is 1. The van der Waals surface area contributed by atoms with E-state index in [-0.39, 0.29) is 11.9 Å². The van der Waals surface area contributed by atoms with Gasteiger partial charge in [0, 0.05) is 56.1 Å². The molecule has 2 aromatic carbocycles. The number of halogens is 1. The number of benzene rings is 2. The average Bonchev–Trinajstić information content (AvgIpc) is 2.91. The van der Waals surface area contributed by atoms with Gasteiger partial charge in [0.25, 0.3) is 0 Å². The number of hydrogen-bond donors (Lipinski definition) is 1. The highest BCUT2D eigenvalue weighted by molar-refractivity contribution is 6.33. The minimum Gasteiger partial charge on any atom is -0.379 e. The van der Waals surface area contributed by atoms with Crippen LogP contribution in [0.25, 0.3) is 22.3 Å². The van der Waals surface area contributed by atoms with Crippen molar-refractivity contribution in [3.63, 3.8) is 0 Å². The van der Waals surface area contributed by atoms with Crippen LogP contribution in [0.1, 0.15) is 33.1 Å². The van der Waals surface area contributed by atoms with Gasteiger partial charge in [-0.25, -0.2) is 9.97 Å². The SMILES string of the molecule is CC[C@@H](C)NC(=O)CCN(CCCN1CCOCC1)c1nc(-c2ccccc2Cl)nc2ccccc12. The van der Waals surface area contributed by atoms with E-state index in [9.17, 15) is 4.79 Å². The van der Waals surface area contributed by atoms with Gasteiger partial charge in [-0.05, 0) is 44.0 Å². The lowest BCUT2D eigenvalue weighted by molar-refractivity contribution is -0.121. The van der Waals surface area contributed by atoms with Crippen molar-refractivity contribution in [1.82, 2.24) is 20.2 Å². The summed E-state index contributed by atoms with van der Waals surface area (Å²) in [5, 5.41) is 4.68. The van der Waals surface area contributed by atoms with Crippen molar-refractivity contribution in [2.75, 3.05) is 50.8 Å². The summed E-state index contributed by atoms with van der Waals surface area (Å²) in [7, 11) is 0. The Balaban J connectivity index is 1.62. The quantitative estimate of drug-likeness (QED) is 0.401. The minimum atomic E-state index is 0.0622. The van der Waals surface area contributed by atoms with Crippen LogP contribution < -0.4 is 10.2 Å². The van der Waals surface area contributed by atoms with Crippen LogP contribution in [0, 0.1) is 0 Å². The summed E-state index contributed by atoms with van der Waals surface area (Å²) < 4.78 is 5.49. The molecule has 0 saturated carbocycles. The maximum Gasteiger partial charge on any atom is 0.221 e. The molecule has 0 aliphatic carbocycles. The molecule has 0 radical (unpaired) electrons. The van der Waals surface area contributed by atoms with E-state index in [2.05, 4.69) is 28.1 Å². The summed E-state index contributed by atoms with van der Waals surface area (Å²) in [6.07, 6.45) is 2.28. The third kappa shape index (κ3) is 6.93. The zero-order chi connectivity index (χ0) is 25.3. The number of carbonyl (C=O) groups is 1. The molecule has 1 saturated heterocycles. The molecule has 1 atom stereocenters. The fraction of sp³-hybridized carbons (Fsp3) is 0.464. The molecule has 36 heavy (non-hydrogen) atoms. The van der Waals surface area contributed by atoms with Gasteiger partial charge in [-0.1, -0.05) is 42.8 Å². The topological polar surface area (TPSA) is 70.6 Å². The van der Waals surface area contributed by atoms with E-state index in [0.29, 0.717) is 23.8 Å². The molecule has 1 fully saturated rings. The van der Waals surface area contributed by atoms with Gasteiger partial charge in [-0.3, -0.25) is 9.69 Å². The van der Waals surface area contributed by atoms with Gasteiger partial charge in [-0.2, -0.15) is 0 Å². The predicted molar refractivity (Wildman–Crippen MR) is 147 cm³/mol. The molecule has 192 valence electrons. The summed E-state index contributed by atoms with van der Waals surface area (Å²) in [4.78, 5) is 27.2. The highest BCUT2D eigenvalue weighted by Crippen LogP contribution is 2.31. The maximum atomic E-state index is 12.7. The Morgan fingerprint density at radius 2 is 1.86 bits per heavy atom. The highest BCUT2D eigenvalue weighted by Gasteiger charge is 2.19. The zero-order valence-electron chi connectivity index (χ0n) is 21.3. The Kier molecular flexibility index (Phi) is 9.50. The molecule has 1 aromatic heterocycles. The molecule has 7 nitrogen and oxygen atoms in total. The Morgan fingerprint density at radius 3 is 2.64 bits per heavy atom. The molecule has 3 aromatic rings. The van der Waals surface area contributed by atoms with Gasteiger partial charge in [0.2, 0.25) is 5.91 Å². The van der Waals surface area contributed by atoms with Crippen LogP contribution in [0.4, 0.5) is 5.82 Å². The van der Waals surface area contributed by atoms with Gasteiger partial charge in [0.15, 0.2) is 5.82 Å². The van der Waals surface area contributed by atoms with E-state index < -0.39 is 0 Å². The first kappa shape index (κ1) is 26.3. The van der Waals surface area contributed by atoms with Crippen molar-refractivity contribution in [2.24, 2.45) is 0 Å². The predicted octanol–water partition coefficient (Wildman–Crippen LogP) is 4.78. The van der Waals surface area contributed by atoms with Crippen molar-refractivity contribution in [2.45, 2.75) is 39.2 Å². The monoisotopic (exact) mass is 509 g/mol. The van der Waals surface area contributed by atoms with Crippen LogP contribution in [0.5, 0.6) is 0 Å². The normalized spacial score (nSPS) is 15.1. The largest absolute Gasteiger partial charge is 0.379 e. The van der Waals surface area contributed by atoms with Crippen LogP contribution in [0.3, 0.4) is 0 Å². The Hall–Kier alpha value is -2.74. The number of rotatable bonds is 11. The maximum absolute atomic E-state index is 12.7. The van der Waals surface area contributed by atoms with Gasteiger partial charge in [0.1, 0.15) is 5.82 Å². The molecular weight excluding hydrogens is 474 g/mol. The van der Waals surface area contributed by atoms with Crippen LogP contribution in [0.15, 0.2) is 48.5 Å². The Morgan fingerprint density at radius 1 is 1.11 bits per heavy atom. The summed E-state index contributed by atoms with van der Waals surface area (Å²) in [6, 6.07) is 15.9. The van der Waals surface area contributed by atoms with Gasteiger partial charge in [0.05, 0.1) is 23.8 Å². The molecule has 1 N–H and O–H groups in total. The number of nitrogens with zero attached hydrogens (tertiary/aromatic N) is 4. The lowest BCUT2D eigenvalue weighted by Gasteiger charge is -2.29. The Labute approximate surface area is 218 Å². The van der Waals surface area contributed by atoms with Crippen LogP contribution in [0.2, 0.25) is 5.02 Å². The summed E-state index contributed by atoms with van der Waals surface area (Å²) in [5.41, 5.74) is 1.66. The lowest BCUT2D eigenvalue weighted by atomic mass is 10.1. The smallest absolute Gasteiger partial charge is 0.221 e. The molecule has 0 spiro atoms. The lowest BCUT2D eigenvalue weighted by Crippen LogP contribution is -2.39. The number of para-hydroxylation sites is 1. The van der Waals surface area contributed by atoms with Gasteiger partial charge in [-0.15, -0.1) is 0 Å². The first-order valence-corrected chi connectivity index (χ1v) is 13.3. The van der Waals surface area contributed by atoms with Crippen molar-refractivity contribution in [3.8, 4) is 11.4 Å². The fourth-order valence-corrected chi connectivity index (χ4v) is 4.60. The van der Waals surface area contributed by atoms with E-state index in [1.54, 1.807) is 0 Å². The van der Waals surface area contributed by atoms with E-state index >= 15 is 0 Å². The third-order valence-corrected chi connectivity index (χ3v) is 6.96. The number of amides is 1. The summed E-state index contributed by atoms with van der Waals surface area (Å²) >= 11 is 6.51. The number of morpholine rings is 1. The fourth-order valence-electron chi connectivity index (χ4n) is 4.38. The minimum absolute atomic E-state index is 0.0622. The number of anilines is 1. The molecule has 0 unspecified atom stereocenters. The second kappa shape index (κ2) is 13.0. The van der Waals surface area contributed by atoms with E-state index in [0.717, 1.165) is 74.5 Å². The zero-order valence-corrected chi connectivity index (χ0v) is 22.0. The Bertz CT molecular complexity index is 1150. The molecular formula is C28H36ClN5O2. The summed E-state index contributed by atoms with van der Waals surface area (Å²) in [5.74, 6) is 1.50. The van der Waals surface area contributed by atoms with Crippen molar-refractivity contribution >= 4 is 34.2 Å². The van der Waals surface area contributed by atoms with E-state index in [1.165, 1.54) is 0 Å². The molecule has 2 heterocycles. The van der Waals surface area contributed by atoms with Crippen molar-refractivity contribution in [3.05, 3.63) is 53.6 Å². The molecule has 1 aliphatic heterocycles. The molecule has 0 bridgehead atoms. The number of ether oxygens (including phenoxy) is 1. The number of hydrogen-bond acceptors (Lipinski definition) is 6. The molecule has 1 aliphatic rings. The number of aromatic nitrogens is 2. The van der Waals surface area contributed by atoms with Gasteiger partial charge >= 0.3 is 0 Å². The van der Waals surface area contributed by atoms with Crippen LogP contribution in [-0.2, 0) is 9.53 Å². The highest BCUT2D eigenvalue weighted by atomic mass is 35.5. The third-order valence-electron chi connectivity index (χ3n) is 6.63. The molecule has 1 amide bonds. The van der Waals surface area contributed by atoms with Crippen molar-refractivity contribution < 1.29 is 9.53 Å². The van der Waals surface area contributed by atoms with E-state index in [4.69, 9.17) is 26.3 Å². The molecule has 8 heteroatoms.